The Morgan fingerprint density at radius 3 is 1.48 bits per heavy atom. The summed E-state index contributed by atoms with van der Waals surface area (Å²) in [6, 6.07) is 70.5. The summed E-state index contributed by atoms with van der Waals surface area (Å²) in [4.78, 5) is 16.4. The predicted molar refractivity (Wildman–Crippen MR) is 234 cm³/mol. The Balaban J connectivity index is 1.18. The lowest BCUT2D eigenvalue weighted by Gasteiger charge is -2.33. The van der Waals surface area contributed by atoms with Gasteiger partial charge in [0.25, 0.3) is 0 Å². The molecule has 12 rings (SSSR count). The van der Waals surface area contributed by atoms with Crippen molar-refractivity contribution in [3.63, 3.8) is 0 Å². The Bertz CT molecular complexity index is 3070. The van der Waals surface area contributed by atoms with Gasteiger partial charge in [-0.2, -0.15) is 0 Å². The van der Waals surface area contributed by atoms with Gasteiger partial charge in [0.15, 0.2) is 11.6 Å². The third-order valence-corrected chi connectivity index (χ3v) is 13.1. The fourth-order valence-corrected chi connectivity index (χ4v) is 10.7. The Labute approximate surface area is 338 Å². The fourth-order valence-electron chi connectivity index (χ4n) is 10.7. The molecule has 58 heavy (non-hydrogen) atoms. The smallest absolute Gasteiger partial charge is 0.163 e. The molecule has 0 fully saturated rings. The van der Waals surface area contributed by atoms with Crippen molar-refractivity contribution in [2.24, 2.45) is 0 Å². The van der Waals surface area contributed by atoms with Crippen molar-refractivity contribution in [2.45, 2.75) is 24.2 Å². The lowest BCUT2D eigenvalue weighted by Crippen LogP contribution is -2.31. The molecule has 1 atom stereocenters. The first-order valence-electron chi connectivity index (χ1n) is 20.3. The fraction of sp³-hybridized carbons (Fsp3) is 0.0727. The molecule has 0 radical (unpaired) electrons. The molecule has 1 heterocycles. The zero-order chi connectivity index (χ0) is 38.4. The van der Waals surface area contributed by atoms with Gasteiger partial charge < -0.3 is 0 Å². The summed E-state index contributed by atoms with van der Waals surface area (Å²) in [6.07, 6.45) is 0.761. The van der Waals surface area contributed by atoms with Crippen LogP contribution in [0.4, 0.5) is 0 Å². The number of rotatable bonds is 5. The van der Waals surface area contributed by atoms with Gasteiger partial charge in [0.05, 0.1) is 10.8 Å². The van der Waals surface area contributed by atoms with Crippen molar-refractivity contribution in [2.75, 3.05) is 0 Å². The molecule has 0 bridgehead atoms. The van der Waals surface area contributed by atoms with Crippen LogP contribution in [0.5, 0.6) is 0 Å². The first kappa shape index (κ1) is 33.0. The van der Waals surface area contributed by atoms with Crippen molar-refractivity contribution < 1.29 is 0 Å². The van der Waals surface area contributed by atoms with Crippen LogP contribution in [-0.2, 0) is 10.8 Å². The molecule has 3 heteroatoms. The second-order valence-electron chi connectivity index (χ2n) is 15.7. The van der Waals surface area contributed by atoms with Gasteiger partial charge in [0.1, 0.15) is 5.82 Å². The van der Waals surface area contributed by atoms with E-state index in [-0.39, 0.29) is 0 Å². The summed E-state index contributed by atoms with van der Waals surface area (Å²) in [6.45, 7) is 2.31. The van der Waals surface area contributed by atoms with Crippen molar-refractivity contribution in [3.05, 3.63) is 233 Å². The molecule has 3 nitrogen and oxygen atoms in total. The summed E-state index contributed by atoms with van der Waals surface area (Å²) in [7, 11) is 0. The van der Waals surface area contributed by atoms with Crippen LogP contribution in [0.1, 0.15) is 52.5 Å². The van der Waals surface area contributed by atoms with E-state index in [1.54, 1.807) is 0 Å². The number of aromatic nitrogens is 3. The molecule has 0 N–H and O–H groups in total. The van der Waals surface area contributed by atoms with Crippen molar-refractivity contribution in [1.82, 2.24) is 15.0 Å². The molecular formula is C55H37N3. The van der Waals surface area contributed by atoms with E-state index in [0.29, 0.717) is 11.6 Å². The molecular weight excluding hydrogens is 703 g/mol. The first-order valence-corrected chi connectivity index (χ1v) is 20.3. The average molecular weight is 740 g/mol. The SMILES string of the molecule is CCC1(c2nc(-c3ccccc3)nc(-c3cccc(-c4ccccc4)c3)n2)c2ccccc2-c2ccc3c(c21)-c1ccccc1C31c2ccccc2-c2ccccc21. The highest BCUT2D eigenvalue weighted by Crippen LogP contribution is 2.67. The summed E-state index contributed by atoms with van der Waals surface area (Å²) >= 11 is 0. The molecule has 1 aromatic heterocycles. The maximum Gasteiger partial charge on any atom is 0.163 e. The van der Waals surface area contributed by atoms with Gasteiger partial charge in [0, 0.05) is 11.1 Å². The maximum atomic E-state index is 5.61. The largest absolute Gasteiger partial charge is 0.212 e. The van der Waals surface area contributed by atoms with E-state index in [4.69, 9.17) is 15.0 Å². The Hall–Kier alpha value is -7.23. The molecule has 8 aromatic carbocycles. The van der Waals surface area contributed by atoms with Crippen molar-refractivity contribution >= 4 is 0 Å². The van der Waals surface area contributed by atoms with E-state index in [2.05, 4.69) is 195 Å². The molecule has 3 aliphatic carbocycles. The van der Waals surface area contributed by atoms with Crippen LogP contribution in [0.2, 0.25) is 0 Å². The van der Waals surface area contributed by atoms with Crippen LogP contribution in [0.15, 0.2) is 194 Å². The number of benzene rings is 8. The molecule has 0 saturated carbocycles. The molecule has 0 amide bonds. The van der Waals surface area contributed by atoms with E-state index >= 15 is 0 Å². The van der Waals surface area contributed by atoms with Gasteiger partial charge in [-0.3, -0.25) is 0 Å². The van der Waals surface area contributed by atoms with Crippen LogP contribution < -0.4 is 0 Å². The zero-order valence-electron chi connectivity index (χ0n) is 32.0. The number of hydrogen-bond acceptors (Lipinski definition) is 3. The average Bonchev–Trinajstić information content (AvgIpc) is 3.89. The highest BCUT2D eigenvalue weighted by Gasteiger charge is 2.56. The van der Waals surface area contributed by atoms with Crippen molar-refractivity contribution in [1.29, 1.82) is 0 Å². The molecule has 9 aromatic rings. The van der Waals surface area contributed by atoms with Gasteiger partial charge in [-0.05, 0) is 90.4 Å². The molecule has 0 aliphatic heterocycles. The van der Waals surface area contributed by atoms with E-state index in [1.807, 2.05) is 6.07 Å². The van der Waals surface area contributed by atoms with E-state index in [0.717, 1.165) is 34.5 Å². The van der Waals surface area contributed by atoms with Crippen LogP contribution in [0.3, 0.4) is 0 Å². The predicted octanol–water partition coefficient (Wildman–Crippen LogP) is 12.9. The van der Waals surface area contributed by atoms with E-state index in [1.165, 1.54) is 66.8 Å². The van der Waals surface area contributed by atoms with E-state index in [9.17, 15) is 0 Å². The van der Waals surface area contributed by atoms with Crippen LogP contribution in [0.25, 0.3) is 67.3 Å². The van der Waals surface area contributed by atoms with Gasteiger partial charge in [0.2, 0.25) is 0 Å². The molecule has 1 spiro atoms. The lowest BCUT2D eigenvalue weighted by molar-refractivity contribution is 0.566. The second-order valence-corrected chi connectivity index (χ2v) is 15.7. The molecule has 272 valence electrons. The first-order chi connectivity index (χ1) is 28.7. The van der Waals surface area contributed by atoms with E-state index < -0.39 is 10.8 Å². The van der Waals surface area contributed by atoms with Crippen LogP contribution in [-0.4, -0.2) is 15.0 Å². The summed E-state index contributed by atoms with van der Waals surface area (Å²) in [5.41, 5.74) is 18.6. The minimum absolute atomic E-state index is 0.459. The van der Waals surface area contributed by atoms with Gasteiger partial charge in [-0.25, -0.2) is 15.0 Å². The Morgan fingerprint density at radius 1 is 0.362 bits per heavy atom. The van der Waals surface area contributed by atoms with Gasteiger partial charge in [-0.15, -0.1) is 0 Å². The summed E-state index contributed by atoms with van der Waals surface area (Å²) < 4.78 is 0. The van der Waals surface area contributed by atoms with Gasteiger partial charge in [-0.1, -0.05) is 195 Å². The monoisotopic (exact) mass is 739 g/mol. The van der Waals surface area contributed by atoms with Crippen molar-refractivity contribution in [3.8, 4) is 67.3 Å². The van der Waals surface area contributed by atoms with Crippen LogP contribution in [0, 0.1) is 0 Å². The quantitative estimate of drug-likeness (QED) is 0.176. The number of hydrogen-bond donors (Lipinski definition) is 0. The number of fused-ring (bicyclic) bond motifs is 14. The van der Waals surface area contributed by atoms with Crippen LogP contribution >= 0.6 is 0 Å². The highest BCUT2D eigenvalue weighted by molar-refractivity contribution is 6.00. The normalized spacial score (nSPS) is 15.9. The lowest BCUT2D eigenvalue weighted by atomic mass is 9.69. The second kappa shape index (κ2) is 12.4. The topological polar surface area (TPSA) is 38.7 Å². The third kappa shape index (κ3) is 4.31. The maximum absolute atomic E-state index is 5.61. The number of nitrogens with zero attached hydrogens (tertiary/aromatic N) is 3. The third-order valence-electron chi connectivity index (χ3n) is 13.1. The highest BCUT2D eigenvalue weighted by atomic mass is 15.0. The Morgan fingerprint density at radius 2 is 0.845 bits per heavy atom. The summed E-state index contributed by atoms with van der Waals surface area (Å²) in [5.74, 6) is 2.12. The standard InChI is InChI=1S/C55H37N3/c1-2-54(53-57-51(36-20-7-4-8-21-36)56-52(58-53)38-23-17-22-37(34-38)35-18-5-3-6-19-35)44-28-13-9-26-41(44)42-32-33-48-49(50(42)54)43-27-12-16-31-47(43)55(48)45-29-14-10-24-39(45)40-25-11-15-30-46(40)55/h3-34H,2H2,1H3. The molecule has 3 aliphatic rings. The minimum atomic E-state index is -0.675. The zero-order valence-corrected chi connectivity index (χ0v) is 32.0. The molecule has 0 saturated heterocycles. The molecule has 1 unspecified atom stereocenters. The Kier molecular flexibility index (Phi) is 7.04. The van der Waals surface area contributed by atoms with Gasteiger partial charge >= 0.3 is 0 Å². The summed E-state index contributed by atoms with van der Waals surface area (Å²) in [5, 5.41) is 0. The minimum Gasteiger partial charge on any atom is -0.212 e.